The first kappa shape index (κ1) is 16.6. The van der Waals surface area contributed by atoms with Crippen LogP contribution in [0.3, 0.4) is 0 Å². The quantitative estimate of drug-likeness (QED) is 0.485. The summed E-state index contributed by atoms with van der Waals surface area (Å²) < 4.78 is 0. The summed E-state index contributed by atoms with van der Waals surface area (Å²) in [7, 11) is 0. The molecule has 0 fully saturated rings. The Morgan fingerprint density at radius 3 is 2.46 bits per heavy atom. The van der Waals surface area contributed by atoms with E-state index in [1.165, 1.54) is 16.3 Å². The van der Waals surface area contributed by atoms with Crippen LogP contribution in [-0.2, 0) is 5.41 Å². The van der Waals surface area contributed by atoms with Crippen molar-refractivity contribution < 1.29 is 0 Å². The van der Waals surface area contributed by atoms with Crippen molar-refractivity contribution in [1.29, 1.82) is 0 Å². The van der Waals surface area contributed by atoms with E-state index in [-0.39, 0.29) is 5.41 Å². The molecule has 0 aliphatic heterocycles. The van der Waals surface area contributed by atoms with E-state index in [0.29, 0.717) is 5.92 Å². The first-order valence-corrected chi connectivity index (χ1v) is 9.08. The minimum Gasteiger partial charge on any atom is -0.260 e. The zero-order chi connectivity index (χ0) is 18.3. The predicted octanol–water partition coefficient (Wildman–Crippen LogP) is 5.63. The van der Waals surface area contributed by atoms with Crippen LogP contribution in [0, 0.1) is 0 Å². The van der Waals surface area contributed by atoms with Gasteiger partial charge in [0.1, 0.15) is 6.33 Å². The summed E-state index contributed by atoms with van der Waals surface area (Å²) in [5.74, 6) is 0.406. The molecule has 0 saturated carbocycles. The molecular formula is C23H23N3. The van der Waals surface area contributed by atoms with Gasteiger partial charge in [-0.3, -0.25) is 4.98 Å². The summed E-state index contributed by atoms with van der Waals surface area (Å²) in [6, 6.07) is 17.0. The monoisotopic (exact) mass is 341 g/mol. The van der Waals surface area contributed by atoms with Crippen molar-refractivity contribution >= 4 is 21.7 Å². The second kappa shape index (κ2) is 6.17. The zero-order valence-corrected chi connectivity index (χ0v) is 15.7. The molecule has 3 nitrogen and oxygen atoms in total. The largest absolute Gasteiger partial charge is 0.260 e. The number of hydrogen-bond donors (Lipinski definition) is 0. The van der Waals surface area contributed by atoms with Gasteiger partial charge in [-0.25, -0.2) is 9.97 Å². The van der Waals surface area contributed by atoms with Crippen LogP contribution in [-0.4, -0.2) is 15.0 Å². The molecule has 0 N–H and O–H groups in total. The molecule has 2 heterocycles. The Labute approximate surface area is 154 Å². The summed E-state index contributed by atoms with van der Waals surface area (Å²) in [5, 5.41) is 3.57. The Morgan fingerprint density at radius 1 is 0.846 bits per heavy atom. The Balaban J connectivity index is 1.90. The van der Waals surface area contributed by atoms with Crippen molar-refractivity contribution in [2.45, 2.75) is 39.0 Å². The van der Waals surface area contributed by atoms with E-state index in [1.807, 2.05) is 24.4 Å². The molecule has 4 rings (SSSR count). The Kier molecular flexibility index (Phi) is 3.95. The van der Waals surface area contributed by atoms with Gasteiger partial charge in [-0.2, -0.15) is 0 Å². The standard InChI is InChI=1S/C23H23N3/c1-15(2)21-18-10-9-17(13-16(18)11-12-24-21)23(3,4)22-19-7-5-6-8-20(19)25-14-26-22/h5-15H,1-4H3. The lowest BCUT2D eigenvalue weighted by atomic mass is 9.79. The molecule has 0 atom stereocenters. The van der Waals surface area contributed by atoms with E-state index >= 15 is 0 Å². The van der Waals surface area contributed by atoms with E-state index in [1.54, 1.807) is 6.33 Å². The summed E-state index contributed by atoms with van der Waals surface area (Å²) in [6.45, 7) is 8.83. The zero-order valence-electron chi connectivity index (χ0n) is 15.7. The number of rotatable bonds is 3. The second-order valence-corrected chi connectivity index (χ2v) is 7.65. The van der Waals surface area contributed by atoms with Crippen LogP contribution in [0.2, 0.25) is 0 Å². The van der Waals surface area contributed by atoms with Gasteiger partial charge < -0.3 is 0 Å². The van der Waals surface area contributed by atoms with Crippen LogP contribution in [0.25, 0.3) is 21.7 Å². The van der Waals surface area contributed by atoms with Crippen molar-refractivity contribution in [2.75, 3.05) is 0 Å². The van der Waals surface area contributed by atoms with Gasteiger partial charge in [-0.05, 0) is 29.0 Å². The van der Waals surface area contributed by atoms with E-state index in [9.17, 15) is 0 Å². The van der Waals surface area contributed by atoms with Gasteiger partial charge in [0.15, 0.2) is 0 Å². The third kappa shape index (κ3) is 2.64. The highest BCUT2D eigenvalue weighted by molar-refractivity contribution is 5.87. The SMILES string of the molecule is CC(C)c1nccc2cc(C(C)(C)c3ncnc4ccccc34)ccc12. The number of aromatic nitrogens is 3. The molecule has 3 heteroatoms. The maximum Gasteiger partial charge on any atom is 0.116 e. The molecule has 26 heavy (non-hydrogen) atoms. The minimum absolute atomic E-state index is 0.224. The number of fused-ring (bicyclic) bond motifs is 2. The van der Waals surface area contributed by atoms with Crippen molar-refractivity contribution in [3.63, 3.8) is 0 Å². The molecule has 2 aromatic heterocycles. The summed E-state index contributed by atoms with van der Waals surface area (Å²) in [6.07, 6.45) is 3.58. The van der Waals surface area contributed by atoms with Gasteiger partial charge >= 0.3 is 0 Å². The topological polar surface area (TPSA) is 38.7 Å². The Morgan fingerprint density at radius 2 is 1.65 bits per heavy atom. The predicted molar refractivity (Wildman–Crippen MR) is 107 cm³/mol. The first-order chi connectivity index (χ1) is 12.5. The van der Waals surface area contributed by atoms with Gasteiger partial charge in [-0.15, -0.1) is 0 Å². The first-order valence-electron chi connectivity index (χ1n) is 9.08. The van der Waals surface area contributed by atoms with E-state index < -0.39 is 0 Å². The van der Waals surface area contributed by atoms with Crippen molar-refractivity contribution in [3.8, 4) is 0 Å². The number of para-hydroxylation sites is 1. The number of hydrogen-bond acceptors (Lipinski definition) is 3. The lowest BCUT2D eigenvalue weighted by Crippen LogP contribution is -2.21. The Bertz CT molecular complexity index is 1090. The van der Waals surface area contributed by atoms with Crippen LogP contribution in [0.15, 0.2) is 61.1 Å². The molecule has 0 aliphatic rings. The Hall–Kier alpha value is -2.81. The third-order valence-corrected chi connectivity index (χ3v) is 5.20. The highest BCUT2D eigenvalue weighted by Gasteiger charge is 2.27. The van der Waals surface area contributed by atoms with Gasteiger partial charge in [0.25, 0.3) is 0 Å². The number of benzene rings is 2. The second-order valence-electron chi connectivity index (χ2n) is 7.65. The van der Waals surface area contributed by atoms with Crippen LogP contribution in [0.5, 0.6) is 0 Å². The van der Waals surface area contributed by atoms with Crippen LogP contribution in [0.1, 0.15) is 50.6 Å². The smallest absolute Gasteiger partial charge is 0.116 e. The average Bonchev–Trinajstić information content (AvgIpc) is 2.66. The lowest BCUT2D eigenvalue weighted by Gasteiger charge is -2.26. The summed E-state index contributed by atoms with van der Waals surface area (Å²) in [5.41, 5.74) is 4.21. The molecule has 130 valence electrons. The molecule has 0 spiro atoms. The fraction of sp³-hybridized carbons (Fsp3) is 0.261. The van der Waals surface area contributed by atoms with Crippen molar-refractivity contribution in [2.24, 2.45) is 0 Å². The number of nitrogens with zero attached hydrogens (tertiary/aromatic N) is 3. The van der Waals surface area contributed by atoms with Gasteiger partial charge in [0, 0.05) is 22.4 Å². The fourth-order valence-electron chi connectivity index (χ4n) is 3.69. The molecule has 4 aromatic rings. The van der Waals surface area contributed by atoms with Crippen LogP contribution in [0.4, 0.5) is 0 Å². The van der Waals surface area contributed by atoms with Gasteiger partial charge in [0.05, 0.1) is 16.9 Å². The van der Waals surface area contributed by atoms with Crippen LogP contribution < -0.4 is 0 Å². The maximum absolute atomic E-state index is 4.66. The van der Waals surface area contributed by atoms with E-state index in [0.717, 1.165) is 22.3 Å². The summed E-state index contributed by atoms with van der Waals surface area (Å²) in [4.78, 5) is 13.6. The molecule has 0 amide bonds. The van der Waals surface area contributed by atoms with E-state index in [4.69, 9.17) is 0 Å². The lowest BCUT2D eigenvalue weighted by molar-refractivity contribution is 0.623. The molecule has 0 aliphatic carbocycles. The molecule has 0 bridgehead atoms. The number of pyridine rings is 1. The van der Waals surface area contributed by atoms with E-state index in [2.05, 4.69) is 73.0 Å². The molecule has 0 unspecified atom stereocenters. The molecular weight excluding hydrogens is 318 g/mol. The summed E-state index contributed by atoms with van der Waals surface area (Å²) >= 11 is 0. The highest BCUT2D eigenvalue weighted by Crippen LogP contribution is 2.36. The average molecular weight is 341 g/mol. The normalized spacial score (nSPS) is 12.2. The van der Waals surface area contributed by atoms with Crippen molar-refractivity contribution in [1.82, 2.24) is 15.0 Å². The molecule has 0 radical (unpaired) electrons. The van der Waals surface area contributed by atoms with Gasteiger partial charge in [0.2, 0.25) is 0 Å². The van der Waals surface area contributed by atoms with Crippen molar-refractivity contribution in [3.05, 3.63) is 78.0 Å². The molecule has 2 aromatic carbocycles. The minimum atomic E-state index is -0.224. The fourth-order valence-corrected chi connectivity index (χ4v) is 3.69. The highest BCUT2D eigenvalue weighted by atomic mass is 14.8. The molecule has 0 saturated heterocycles. The van der Waals surface area contributed by atoms with Crippen LogP contribution >= 0.6 is 0 Å². The maximum atomic E-state index is 4.66. The third-order valence-electron chi connectivity index (χ3n) is 5.20. The van der Waals surface area contributed by atoms with Gasteiger partial charge in [-0.1, -0.05) is 64.1 Å².